The van der Waals surface area contributed by atoms with Crippen LogP contribution in [-0.2, 0) is 78.3 Å². The molecule has 0 spiro atoms. The van der Waals surface area contributed by atoms with Gasteiger partial charge in [0.1, 0.15) is 54.1 Å². The molecule has 1 saturated heterocycles. The highest BCUT2D eigenvalue weighted by molar-refractivity contribution is 6.00. The van der Waals surface area contributed by atoms with Crippen molar-refractivity contribution in [2.75, 3.05) is 6.54 Å². The van der Waals surface area contributed by atoms with E-state index in [0.717, 1.165) is 4.90 Å². The lowest BCUT2D eigenvalue weighted by atomic mass is 9.99. The number of hydrogen-bond acceptors (Lipinski definition) is 17. The molecule has 1 aliphatic rings. The molecule has 0 radical (unpaired) electrons. The van der Waals surface area contributed by atoms with Gasteiger partial charge in [-0.05, 0) is 55.7 Å². The van der Waals surface area contributed by atoms with Crippen LogP contribution < -0.4 is 60.2 Å². The second-order valence-corrected chi connectivity index (χ2v) is 18.4. The van der Waals surface area contributed by atoms with Crippen molar-refractivity contribution in [3.8, 4) is 5.75 Å². The fourth-order valence-corrected chi connectivity index (χ4v) is 7.70. The Labute approximate surface area is 443 Å². The number of aliphatic carboxylic acids is 4. The number of phenols is 1. The Morgan fingerprint density at radius 3 is 1.54 bits per heavy atom. The lowest BCUT2D eigenvalue weighted by Crippen LogP contribution is -2.61. The zero-order chi connectivity index (χ0) is 59.1. The van der Waals surface area contributed by atoms with Gasteiger partial charge in [0.05, 0.1) is 25.3 Å². The number of carbonyl (C=O) groups excluding carboxylic acids is 11. The van der Waals surface area contributed by atoms with Gasteiger partial charge >= 0.3 is 23.9 Å². The first-order chi connectivity index (χ1) is 36.4. The smallest absolute Gasteiger partial charge is 0.326 e. The van der Waals surface area contributed by atoms with Gasteiger partial charge in [0.15, 0.2) is 0 Å². The largest absolute Gasteiger partial charge is 0.508 e. The minimum atomic E-state index is -2.04. The number of benzene rings is 1. The van der Waals surface area contributed by atoms with Gasteiger partial charge in [-0.3, -0.25) is 67.1 Å². The molecule has 0 saturated carbocycles. The molecule has 0 aromatic heterocycles. The summed E-state index contributed by atoms with van der Waals surface area (Å²) in [6, 6.07) is -10.3. The molecule has 0 bridgehead atoms. The summed E-state index contributed by atoms with van der Waals surface area (Å²) in [6.45, 7) is 2.70. The molecule has 430 valence electrons. The minimum absolute atomic E-state index is 0.0109. The van der Waals surface area contributed by atoms with Crippen molar-refractivity contribution in [1.29, 1.82) is 0 Å². The molecule has 1 aromatic carbocycles. The van der Waals surface area contributed by atoms with Crippen LogP contribution in [0.5, 0.6) is 5.75 Å². The molecule has 78 heavy (non-hydrogen) atoms. The summed E-state index contributed by atoms with van der Waals surface area (Å²) in [5.74, 6) is -19.5. The third kappa shape index (κ3) is 22.5. The highest BCUT2D eigenvalue weighted by Crippen LogP contribution is 2.21. The van der Waals surface area contributed by atoms with Gasteiger partial charge in [-0.25, -0.2) is 4.79 Å². The SMILES string of the molecule is CC(C)[C@H](NC(=O)[C@H](CC(=O)O)NC(=O)[C@H](CC(N)=O)NC(=O)[C@@H](N)CC(N)=O)C(=O)N[C@@H](Cc1ccc(O)cc1)C(=O)N[C@@H](CCC(=O)O)C(=O)N[C@@H](CCC(N)=O)C(=O)N1CCC[C@H]1C(=O)N[C@@H](CCC(=O)O)C(=O)O. The van der Waals surface area contributed by atoms with E-state index in [1.807, 2.05) is 0 Å². The summed E-state index contributed by atoms with van der Waals surface area (Å²) in [6.07, 6.45) is -6.63. The van der Waals surface area contributed by atoms with Crippen molar-refractivity contribution in [1.82, 2.24) is 42.1 Å². The second-order valence-electron chi connectivity index (χ2n) is 18.4. The van der Waals surface area contributed by atoms with E-state index in [2.05, 4.69) is 37.2 Å². The van der Waals surface area contributed by atoms with Gasteiger partial charge in [-0.1, -0.05) is 26.0 Å². The molecule has 1 fully saturated rings. The zero-order valence-electron chi connectivity index (χ0n) is 42.4. The minimum Gasteiger partial charge on any atom is -0.508 e. The van der Waals surface area contributed by atoms with Crippen molar-refractivity contribution in [2.24, 2.45) is 28.9 Å². The Balaban J connectivity index is 2.51. The quantitative estimate of drug-likeness (QED) is 0.0305. The fourth-order valence-electron chi connectivity index (χ4n) is 7.70. The van der Waals surface area contributed by atoms with Crippen LogP contribution in [0.15, 0.2) is 24.3 Å². The first kappa shape index (κ1) is 65.1. The van der Waals surface area contributed by atoms with Crippen molar-refractivity contribution in [2.45, 2.75) is 145 Å². The molecule has 32 nitrogen and oxygen atoms in total. The Morgan fingerprint density at radius 1 is 0.538 bits per heavy atom. The van der Waals surface area contributed by atoms with E-state index < -0.39 is 213 Å². The Kier molecular flexibility index (Phi) is 26.0. The van der Waals surface area contributed by atoms with Crippen LogP contribution in [-0.4, -0.2) is 180 Å². The molecule has 2 rings (SSSR count). The highest BCUT2D eigenvalue weighted by Gasteiger charge is 2.41. The first-order valence-corrected chi connectivity index (χ1v) is 24.1. The van der Waals surface area contributed by atoms with Gasteiger partial charge in [0.25, 0.3) is 0 Å². The van der Waals surface area contributed by atoms with Gasteiger partial charge in [-0.15, -0.1) is 0 Å². The molecule has 11 amide bonds. The maximum absolute atomic E-state index is 14.3. The molecular weight excluding hydrogens is 1040 g/mol. The number of carboxylic acids is 4. The molecule has 0 unspecified atom stereocenters. The number of carboxylic acid groups (broad SMARTS) is 4. The number of nitrogens with zero attached hydrogens (tertiary/aromatic N) is 1. The van der Waals surface area contributed by atoms with E-state index in [9.17, 15) is 92.3 Å². The summed E-state index contributed by atoms with van der Waals surface area (Å²) >= 11 is 0. The second kappa shape index (κ2) is 31.2. The van der Waals surface area contributed by atoms with E-state index in [-0.39, 0.29) is 30.7 Å². The van der Waals surface area contributed by atoms with Crippen molar-refractivity contribution in [3.63, 3.8) is 0 Å². The predicted octanol–water partition coefficient (Wildman–Crippen LogP) is -6.39. The highest BCUT2D eigenvalue weighted by atomic mass is 16.4. The van der Waals surface area contributed by atoms with Crippen molar-refractivity contribution >= 4 is 88.9 Å². The summed E-state index contributed by atoms with van der Waals surface area (Å²) in [7, 11) is 0. The van der Waals surface area contributed by atoms with Gasteiger partial charge in [-0.2, -0.15) is 0 Å². The molecular formula is C46H66N12O20. The summed E-state index contributed by atoms with van der Waals surface area (Å²) in [5.41, 5.74) is 21.5. The number of carbonyl (C=O) groups is 15. The van der Waals surface area contributed by atoms with Crippen LogP contribution >= 0.6 is 0 Å². The van der Waals surface area contributed by atoms with Crippen molar-refractivity contribution < 1.29 is 97.5 Å². The number of nitrogens with one attached hydrogen (secondary N) is 7. The van der Waals surface area contributed by atoms with Gasteiger partial charge in [0.2, 0.25) is 65.0 Å². The normalized spacial score (nSPS) is 15.9. The number of aromatic hydroxyl groups is 1. The van der Waals surface area contributed by atoms with Crippen LogP contribution in [0.2, 0.25) is 0 Å². The molecule has 32 heteroatoms. The summed E-state index contributed by atoms with van der Waals surface area (Å²) in [4.78, 5) is 192. The number of amides is 11. The monoisotopic (exact) mass is 1110 g/mol. The van der Waals surface area contributed by atoms with Gasteiger partial charge < -0.3 is 90.6 Å². The van der Waals surface area contributed by atoms with Crippen LogP contribution in [0, 0.1) is 5.92 Å². The Morgan fingerprint density at radius 2 is 1.01 bits per heavy atom. The number of phenolic OH excluding ortho intramolecular Hbond substituents is 1. The third-order valence-corrected chi connectivity index (χ3v) is 11.7. The molecule has 9 atom stereocenters. The average Bonchev–Trinajstić information content (AvgIpc) is 3.84. The predicted molar refractivity (Wildman–Crippen MR) is 263 cm³/mol. The maximum Gasteiger partial charge on any atom is 0.326 e. The van der Waals surface area contributed by atoms with Crippen LogP contribution in [0.1, 0.15) is 90.0 Å². The Hall–Kier alpha value is -8.97. The molecule has 1 aromatic rings. The molecule has 0 aliphatic carbocycles. The molecule has 1 heterocycles. The van der Waals surface area contributed by atoms with Crippen molar-refractivity contribution in [3.05, 3.63) is 29.8 Å². The number of likely N-dealkylation sites (tertiary alicyclic amines) is 1. The average molecular weight is 1110 g/mol. The molecule has 1 aliphatic heterocycles. The summed E-state index contributed by atoms with van der Waals surface area (Å²) in [5, 5.41) is 63.5. The first-order valence-electron chi connectivity index (χ1n) is 24.1. The van der Waals surface area contributed by atoms with Crippen LogP contribution in [0.4, 0.5) is 0 Å². The maximum atomic E-state index is 14.3. The van der Waals surface area contributed by atoms with E-state index in [1.54, 1.807) is 0 Å². The van der Waals surface area contributed by atoms with E-state index in [1.165, 1.54) is 38.1 Å². The molecule has 20 N–H and O–H groups in total. The Bertz CT molecular complexity index is 2440. The lowest BCUT2D eigenvalue weighted by Gasteiger charge is -2.31. The van der Waals surface area contributed by atoms with E-state index in [0.29, 0.717) is 0 Å². The van der Waals surface area contributed by atoms with E-state index >= 15 is 0 Å². The number of hydrogen-bond donors (Lipinski definition) is 16. The lowest BCUT2D eigenvalue weighted by molar-refractivity contribution is -0.146. The van der Waals surface area contributed by atoms with Crippen LogP contribution in [0.25, 0.3) is 0 Å². The van der Waals surface area contributed by atoms with E-state index in [4.69, 9.17) is 28.0 Å². The standard InChI is InChI=1S/C46H66N12O20/c1-20(2)37(57-42(73)29(19-36(67)68)55-41(72)28(18-33(50)62)54-38(69)23(47)17-32(49)61)44(75)56-27(16-21-5-7-22(59)8-6-21)40(71)51-24(10-13-34(63)64)39(70)52-25(9-12-31(48)60)45(76)58-15-3-4-30(58)43(74)53-26(46(77)78)11-14-35(65)66/h5-8,20,23-30,37,59H,3-4,9-19,47H2,1-2H3,(H2,48,60)(H2,49,61)(H2,50,62)(H,51,71)(H,52,70)(H,53,74)(H,54,69)(H,55,72)(H,56,75)(H,57,73)(H,63,64)(H,65,66)(H,67,68)(H,77,78)/t23-,24-,25-,26-,27-,28-,29-,30-,37-/m0/s1. The third-order valence-electron chi connectivity index (χ3n) is 11.7. The van der Waals surface area contributed by atoms with Gasteiger partial charge in [0, 0.05) is 32.2 Å². The zero-order valence-corrected chi connectivity index (χ0v) is 42.4. The number of primary amides is 3. The summed E-state index contributed by atoms with van der Waals surface area (Å²) < 4.78 is 0. The fraction of sp³-hybridized carbons (Fsp3) is 0.543. The topological polar surface area (TPSA) is 549 Å². The number of rotatable bonds is 34. The number of nitrogens with two attached hydrogens (primary N) is 4. The van der Waals surface area contributed by atoms with Crippen LogP contribution in [0.3, 0.4) is 0 Å².